The fraction of sp³-hybridized carbons (Fsp3) is 0.149. The molecule has 1 fully saturated rings. The van der Waals surface area contributed by atoms with Crippen LogP contribution in [0, 0.1) is 46.5 Å². The van der Waals surface area contributed by atoms with Crippen LogP contribution in [0.15, 0.2) is 264 Å². The molecule has 9 aromatic carbocycles. The molecule has 8 aliphatic rings. The molecule has 148 heavy (non-hydrogen) atoms. The first kappa shape index (κ1) is 97.1. The highest BCUT2D eigenvalue weighted by atomic mass is 33.1. The van der Waals surface area contributed by atoms with Gasteiger partial charge in [-0.2, -0.15) is 8.78 Å². The number of halogens is 8. The zero-order valence-corrected chi connectivity index (χ0v) is 80.0. The molecule has 0 spiro atoms. The number of anilines is 1. The topological polar surface area (TPSA) is 358 Å². The summed E-state index contributed by atoms with van der Waals surface area (Å²) < 4.78 is 157. The Morgan fingerprint density at radius 3 is 1.55 bits per heavy atom. The maximum Gasteiger partial charge on any atom is 0.253 e. The van der Waals surface area contributed by atoms with Crippen LogP contribution in [0.3, 0.4) is 0 Å². The molecule has 0 radical (unpaired) electrons. The number of imide groups is 1. The summed E-state index contributed by atoms with van der Waals surface area (Å²) in [6, 6.07) is 51.0. The third-order valence-electron chi connectivity index (χ3n) is 26.5. The minimum absolute atomic E-state index is 0.0577. The van der Waals surface area contributed by atoms with E-state index in [0.29, 0.717) is 109 Å². The maximum absolute atomic E-state index is 17.8. The number of aliphatic imine (C=N–C) groups is 2. The summed E-state index contributed by atoms with van der Waals surface area (Å²) in [6.45, 7) is 1.11. The Kier molecular flexibility index (Phi) is 26.6. The number of phenols is 7. The SMILES string of the molecule is CC12CC=C(N1)/C(c1cccc(O)c1)=C1/C=CC(=N1)/C(c1cccc(O)c1)=c1/cc/c([nH]1)=C(\c1c(F)c(F)c(NCCSSCCNC(=O)CCN3C(=O)C=CC3=O)c(F)c1F)C1=N/C(=C\2c2ccc(-c3ccc(-c4c5nc(c(-c6cccc(O)c6)c6ccc([nH]6)c(-c6cccc(O)c6)c6nc(c(-c7c(F)c(F)c(OCC8COC(CCCCc9ccc(O)cc9)O8)c(F)c7F)c7ccc4[nH]7)C=C6)C=C5)cc3O)c(O)c2)C=C1. The standard InChI is InChI=1S/C114H87F8N11O13S2/c1-114-44-42-86(132-114)98(62-12-7-16-69(138)53-62)81-31-30-76(127-81)96(61-11-6-15-68(137)52-61)78-33-36-84(129-78)100(101-104(115)108(119)112(109(120)105(101)116)124-46-49-148-147-48-45-123-90(141)43-47-133-91(142)40-41-92(133)143)85-38-39-87(131-85)103(114)64-21-25-72(89(140)55-64)71-24-20-63(54-88(71)139)97-79-29-28-74(126-79)94(59-9-4-13-66(135)50-59)73-26-27-75(125-73)95(60-10-5-14-67(136)51-60)77-32-35-82(128-77)99(83-37-34-80(97)130-83)102-106(117)110(121)113(111(122)107(102)118)145-57-70-56-144-93(146-70)17-3-2-8-58-18-22-65(134)23-19-58/h4-7,9-16,18-42,50-55,70,93,124-125,129-130,132,134-140H,2-3,8,17,43-49,56-57H2,1H3,(H,123,141)/b94-73?,94-74?,95-75?,95-77?,96-78-,97-79?,97-80?,98-81-,99-82?,99-83?,100-84+,103-87-. The van der Waals surface area contributed by atoms with Gasteiger partial charge in [0.1, 0.15) is 58.6 Å². The molecule has 13 N–H and O–H groups in total. The lowest BCUT2D eigenvalue weighted by Gasteiger charge is -2.32. The first-order valence-corrected chi connectivity index (χ1v) is 49.8. The fourth-order valence-electron chi connectivity index (χ4n) is 19.6. The van der Waals surface area contributed by atoms with Crippen LogP contribution in [0.25, 0.3) is 124 Å². The number of benzene rings is 9. The molecule has 24 nitrogen and oxygen atoms in total. The molecule has 12 heterocycles. The minimum atomic E-state index is -1.88. The van der Waals surface area contributed by atoms with Crippen molar-refractivity contribution in [3.8, 4) is 102 Å². The summed E-state index contributed by atoms with van der Waals surface area (Å²) in [5.41, 5.74) is 2.52. The van der Waals surface area contributed by atoms with E-state index in [-0.39, 0.29) is 152 Å². The van der Waals surface area contributed by atoms with Crippen LogP contribution >= 0.6 is 21.6 Å². The Hall–Kier alpha value is -17.0. The van der Waals surface area contributed by atoms with Crippen molar-refractivity contribution < 1.29 is 99.5 Å². The first-order chi connectivity index (χ1) is 71.6. The van der Waals surface area contributed by atoms with E-state index in [1.807, 2.05) is 25.1 Å². The second-order valence-corrected chi connectivity index (χ2v) is 38.9. The largest absolute Gasteiger partial charge is 0.508 e. The Labute approximate surface area is 846 Å². The summed E-state index contributed by atoms with van der Waals surface area (Å²) >= 11 is 0. The molecular formula is C114H87F8N11O13S2. The van der Waals surface area contributed by atoms with Crippen LogP contribution in [-0.2, 0) is 30.3 Å². The number of phenolic OH excluding ortho intramolecular Hbond substituents is 7. The number of aromatic hydroxyl groups is 7. The molecule has 16 bridgehead atoms. The van der Waals surface area contributed by atoms with Gasteiger partial charge < -0.3 is 80.9 Å². The summed E-state index contributed by atoms with van der Waals surface area (Å²) in [6.07, 6.45) is 17.9. The molecule has 3 amide bonds. The number of nitrogens with one attached hydrogen (secondary N) is 6. The number of carbonyl (C=O) groups excluding carboxylic acids is 3. The highest BCUT2D eigenvalue weighted by molar-refractivity contribution is 8.76. The van der Waals surface area contributed by atoms with Crippen LogP contribution in [0.2, 0.25) is 0 Å². The third-order valence-corrected chi connectivity index (χ3v) is 28.9. The summed E-state index contributed by atoms with van der Waals surface area (Å²) in [5.74, 6) is -18.0. The van der Waals surface area contributed by atoms with Crippen molar-refractivity contribution in [2.75, 3.05) is 49.7 Å². The van der Waals surface area contributed by atoms with Crippen molar-refractivity contribution in [2.45, 2.75) is 63.4 Å². The maximum atomic E-state index is 17.8. The second kappa shape index (κ2) is 40.6. The Bertz CT molecular complexity index is 8360. The number of aromatic nitrogens is 5. The van der Waals surface area contributed by atoms with E-state index in [9.17, 15) is 50.1 Å². The number of allylic oxidation sites excluding steroid dienone is 5. The second-order valence-electron chi connectivity index (χ2n) is 36.2. The summed E-state index contributed by atoms with van der Waals surface area (Å²) in [4.78, 5) is 68.1. The zero-order chi connectivity index (χ0) is 103. The van der Waals surface area contributed by atoms with Crippen molar-refractivity contribution in [3.05, 3.63) is 362 Å². The van der Waals surface area contributed by atoms with Gasteiger partial charge in [-0.1, -0.05) is 100 Å². The number of rotatable bonds is 28. The van der Waals surface area contributed by atoms with Crippen LogP contribution in [0.1, 0.15) is 89.6 Å². The zero-order valence-electron chi connectivity index (χ0n) is 78.3. The van der Waals surface area contributed by atoms with Crippen molar-refractivity contribution >= 4 is 125 Å². The van der Waals surface area contributed by atoms with Crippen molar-refractivity contribution in [1.82, 2.24) is 40.5 Å². The van der Waals surface area contributed by atoms with E-state index in [4.69, 9.17) is 34.2 Å². The molecule has 744 valence electrons. The molecule has 3 unspecified atom stereocenters. The number of carbonyl (C=O) groups is 3. The Balaban J connectivity index is 0.666. The van der Waals surface area contributed by atoms with Gasteiger partial charge in [-0.25, -0.2) is 46.3 Å². The molecule has 0 saturated carbocycles. The number of aryl methyl sites for hydroxylation is 1. The molecule has 0 aliphatic carbocycles. The Morgan fingerprint density at radius 1 is 0.480 bits per heavy atom. The number of H-pyrrole nitrogens is 3. The lowest BCUT2D eigenvalue weighted by molar-refractivity contribution is -0.137. The van der Waals surface area contributed by atoms with Crippen molar-refractivity contribution in [1.29, 1.82) is 0 Å². The van der Waals surface area contributed by atoms with E-state index in [1.54, 1.807) is 140 Å². The van der Waals surface area contributed by atoms with Crippen LogP contribution in [0.4, 0.5) is 40.8 Å². The average molecular weight is 2040 g/mol. The molecular weight excluding hydrogens is 1950 g/mol. The van der Waals surface area contributed by atoms with Gasteiger partial charge in [-0.05, 0) is 248 Å². The number of nitrogens with zero attached hydrogens (tertiary/aromatic N) is 5. The number of ether oxygens (including phenoxy) is 3. The van der Waals surface area contributed by atoms with Gasteiger partial charge in [-0.3, -0.25) is 19.3 Å². The van der Waals surface area contributed by atoms with Gasteiger partial charge in [0.25, 0.3) is 11.8 Å². The van der Waals surface area contributed by atoms with Gasteiger partial charge in [0, 0.05) is 144 Å². The van der Waals surface area contributed by atoms with Gasteiger partial charge in [0.15, 0.2) is 46.9 Å². The number of aromatic amines is 3. The summed E-state index contributed by atoms with van der Waals surface area (Å²) in [7, 11) is 2.53. The normalized spacial score (nSPS) is 18.3. The highest BCUT2D eigenvalue weighted by Crippen LogP contribution is 2.50. The summed E-state index contributed by atoms with van der Waals surface area (Å²) in [5, 5.41) is 89.0. The van der Waals surface area contributed by atoms with E-state index >= 15 is 35.1 Å². The molecule has 21 rings (SSSR count). The van der Waals surface area contributed by atoms with E-state index in [0.717, 1.165) is 29.0 Å². The lowest BCUT2D eigenvalue weighted by atomic mass is 9.83. The van der Waals surface area contributed by atoms with Crippen molar-refractivity contribution in [2.24, 2.45) is 9.98 Å². The van der Waals surface area contributed by atoms with Gasteiger partial charge in [-0.15, -0.1) is 0 Å². The van der Waals surface area contributed by atoms with Gasteiger partial charge >= 0.3 is 0 Å². The Morgan fingerprint density at radius 2 is 0.973 bits per heavy atom. The minimum Gasteiger partial charge on any atom is -0.508 e. The first-order valence-electron chi connectivity index (χ1n) is 47.3. The number of unbranched alkanes of at least 4 members (excludes halogenated alkanes) is 1. The highest BCUT2D eigenvalue weighted by Gasteiger charge is 2.42. The number of hydrogen-bond acceptors (Lipinski definition) is 21. The lowest BCUT2D eigenvalue weighted by Crippen LogP contribution is -2.39. The van der Waals surface area contributed by atoms with E-state index in [1.165, 1.54) is 113 Å². The molecule has 8 aliphatic heterocycles. The predicted molar refractivity (Wildman–Crippen MR) is 554 cm³/mol. The molecule has 1 saturated heterocycles. The van der Waals surface area contributed by atoms with Crippen LogP contribution < -0.4 is 31.4 Å². The number of hydrogen-bond donors (Lipinski definition) is 13. The number of fused-ring (bicyclic) bond motifs is 14. The quantitative estimate of drug-likeness (QED) is 0.00712. The monoisotopic (exact) mass is 2030 g/mol. The van der Waals surface area contributed by atoms with Crippen LogP contribution in [-0.4, -0.2) is 157 Å². The molecule has 13 aromatic rings. The van der Waals surface area contributed by atoms with E-state index < -0.39 is 134 Å². The fourth-order valence-corrected chi connectivity index (χ4v) is 21.4. The third kappa shape index (κ3) is 19.1. The predicted octanol–water partition coefficient (Wildman–Crippen LogP) is 21.0. The smallest absolute Gasteiger partial charge is 0.253 e. The average Bonchev–Trinajstić information content (AvgIpc) is 1.59. The molecule has 34 heteroatoms. The van der Waals surface area contributed by atoms with Gasteiger partial charge in [0.05, 0.1) is 68.9 Å². The number of amides is 3. The van der Waals surface area contributed by atoms with Crippen molar-refractivity contribution in [3.63, 3.8) is 0 Å². The molecule has 3 atom stereocenters. The van der Waals surface area contributed by atoms with Crippen LogP contribution in [0.5, 0.6) is 46.0 Å². The van der Waals surface area contributed by atoms with E-state index in [2.05, 4.69) is 30.9 Å². The molecule has 4 aromatic heterocycles. The van der Waals surface area contributed by atoms with Gasteiger partial charge in [0.2, 0.25) is 17.5 Å².